The molecule has 1 aliphatic rings. The van der Waals surface area contributed by atoms with Crippen LogP contribution in [0.25, 0.3) is 0 Å². The number of hydrogen-bond acceptors (Lipinski definition) is 6. The van der Waals surface area contributed by atoms with Gasteiger partial charge in [0.25, 0.3) is 10.0 Å². The van der Waals surface area contributed by atoms with Crippen LogP contribution in [0.2, 0.25) is 0 Å². The lowest BCUT2D eigenvalue weighted by Crippen LogP contribution is -2.17. The summed E-state index contributed by atoms with van der Waals surface area (Å²) in [6.07, 6.45) is 4.72. The van der Waals surface area contributed by atoms with Crippen LogP contribution in [-0.2, 0) is 10.0 Å². The monoisotopic (exact) mass is 348 g/mol. The Balaban J connectivity index is 1.67. The Hall–Kier alpha value is -2.35. The summed E-state index contributed by atoms with van der Waals surface area (Å²) in [7, 11) is -2.18. The molecule has 0 aliphatic heterocycles. The summed E-state index contributed by atoms with van der Waals surface area (Å²) in [5, 5.41) is 11.3. The smallest absolute Gasteiger partial charge is 0.263 e. The molecule has 7 nitrogen and oxygen atoms in total. The van der Waals surface area contributed by atoms with Crippen molar-refractivity contribution in [3.05, 3.63) is 36.4 Å². The van der Waals surface area contributed by atoms with Crippen molar-refractivity contribution in [2.24, 2.45) is 0 Å². The quantitative estimate of drug-likeness (QED) is 0.833. The van der Waals surface area contributed by atoms with Crippen LogP contribution in [0.5, 0.6) is 5.75 Å². The van der Waals surface area contributed by atoms with Gasteiger partial charge in [-0.2, -0.15) is 0 Å². The highest BCUT2D eigenvalue weighted by atomic mass is 32.2. The maximum Gasteiger partial charge on any atom is 0.263 e. The molecule has 128 valence electrons. The number of rotatable bonds is 6. The van der Waals surface area contributed by atoms with Crippen molar-refractivity contribution in [1.82, 2.24) is 10.2 Å². The molecule has 0 atom stereocenters. The molecule has 0 amide bonds. The molecule has 3 rings (SSSR count). The topological polar surface area (TPSA) is 93.2 Å². The summed E-state index contributed by atoms with van der Waals surface area (Å²) in [5.41, 5.74) is 0. The first kappa shape index (κ1) is 16.5. The van der Waals surface area contributed by atoms with E-state index in [4.69, 9.17) is 4.74 Å². The minimum atomic E-state index is -3.70. The predicted octanol–water partition coefficient (Wildman–Crippen LogP) is 2.64. The fourth-order valence-electron chi connectivity index (χ4n) is 2.69. The minimum absolute atomic E-state index is 0.137. The van der Waals surface area contributed by atoms with Gasteiger partial charge < -0.3 is 10.1 Å². The highest BCUT2D eigenvalue weighted by molar-refractivity contribution is 7.92. The summed E-state index contributed by atoms with van der Waals surface area (Å²) >= 11 is 0. The second kappa shape index (κ2) is 7.04. The Bertz CT molecular complexity index is 770. The van der Waals surface area contributed by atoms with E-state index in [2.05, 4.69) is 20.2 Å². The lowest BCUT2D eigenvalue weighted by Gasteiger charge is -2.12. The number of sulfonamides is 1. The number of aromatic nitrogens is 2. The van der Waals surface area contributed by atoms with Gasteiger partial charge in [-0.05, 0) is 49.2 Å². The van der Waals surface area contributed by atoms with Crippen molar-refractivity contribution in [1.29, 1.82) is 0 Å². The molecule has 0 spiro atoms. The standard InChI is InChI=1S/C16H20N4O3S/c1-23-13-6-8-14(9-7-13)24(21,22)20-16-11-10-15(18-19-16)17-12-4-2-3-5-12/h6-12H,2-5H2,1H3,(H,17,18)(H,19,20). The van der Waals surface area contributed by atoms with Gasteiger partial charge in [-0.3, -0.25) is 4.72 Å². The Morgan fingerprint density at radius 2 is 1.62 bits per heavy atom. The van der Waals surface area contributed by atoms with Crippen LogP contribution in [0.4, 0.5) is 11.6 Å². The zero-order valence-electron chi connectivity index (χ0n) is 13.4. The number of nitrogens with one attached hydrogen (secondary N) is 2. The van der Waals surface area contributed by atoms with Crippen LogP contribution in [0.3, 0.4) is 0 Å². The molecule has 1 fully saturated rings. The zero-order chi connectivity index (χ0) is 17.0. The molecular weight excluding hydrogens is 328 g/mol. The largest absolute Gasteiger partial charge is 0.497 e. The third kappa shape index (κ3) is 3.94. The number of benzene rings is 1. The number of anilines is 2. The number of hydrogen-bond donors (Lipinski definition) is 2. The molecular formula is C16H20N4O3S. The molecule has 0 bridgehead atoms. The second-order valence-corrected chi connectivity index (χ2v) is 7.39. The van der Waals surface area contributed by atoms with Crippen molar-refractivity contribution in [2.45, 2.75) is 36.6 Å². The van der Waals surface area contributed by atoms with Crippen molar-refractivity contribution < 1.29 is 13.2 Å². The van der Waals surface area contributed by atoms with E-state index in [-0.39, 0.29) is 10.7 Å². The highest BCUT2D eigenvalue weighted by Crippen LogP contribution is 2.22. The van der Waals surface area contributed by atoms with E-state index in [1.807, 2.05) is 0 Å². The predicted molar refractivity (Wildman–Crippen MR) is 91.7 cm³/mol. The molecule has 1 heterocycles. The first-order chi connectivity index (χ1) is 11.6. The van der Waals surface area contributed by atoms with Gasteiger partial charge in [-0.15, -0.1) is 10.2 Å². The molecule has 2 aromatic rings. The first-order valence-corrected chi connectivity index (χ1v) is 9.32. The molecule has 2 N–H and O–H groups in total. The van der Waals surface area contributed by atoms with Gasteiger partial charge in [0.05, 0.1) is 12.0 Å². The molecule has 1 aliphatic carbocycles. The Morgan fingerprint density at radius 1 is 1.00 bits per heavy atom. The minimum Gasteiger partial charge on any atom is -0.497 e. The maximum atomic E-state index is 12.3. The molecule has 0 radical (unpaired) electrons. The van der Waals surface area contributed by atoms with Crippen LogP contribution >= 0.6 is 0 Å². The van der Waals surface area contributed by atoms with E-state index < -0.39 is 10.0 Å². The molecule has 8 heteroatoms. The van der Waals surface area contributed by atoms with E-state index in [1.54, 1.807) is 24.3 Å². The van der Waals surface area contributed by atoms with Gasteiger partial charge in [-0.1, -0.05) is 12.8 Å². The van der Waals surface area contributed by atoms with E-state index >= 15 is 0 Å². The third-order valence-electron chi connectivity index (χ3n) is 3.98. The van der Waals surface area contributed by atoms with E-state index in [9.17, 15) is 8.42 Å². The molecule has 0 unspecified atom stereocenters. The highest BCUT2D eigenvalue weighted by Gasteiger charge is 2.17. The molecule has 1 aromatic heterocycles. The fourth-order valence-corrected chi connectivity index (χ4v) is 3.69. The van der Waals surface area contributed by atoms with Gasteiger partial charge in [0.2, 0.25) is 0 Å². The van der Waals surface area contributed by atoms with Gasteiger partial charge >= 0.3 is 0 Å². The number of nitrogens with zero attached hydrogens (tertiary/aromatic N) is 2. The second-order valence-electron chi connectivity index (χ2n) is 5.71. The van der Waals surface area contributed by atoms with Crippen LogP contribution in [0.15, 0.2) is 41.3 Å². The van der Waals surface area contributed by atoms with Crippen molar-refractivity contribution in [2.75, 3.05) is 17.1 Å². The van der Waals surface area contributed by atoms with E-state index in [1.165, 1.54) is 32.1 Å². The van der Waals surface area contributed by atoms with Gasteiger partial charge in [0.1, 0.15) is 11.6 Å². The first-order valence-electron chi connectivity index (χ1n) is 7.84. The molecule has 1 saturated carbocycles. The Morgan fingerprint density at radius 3 is 2.21 bits per heavy atom. The van der Waals surface area contributed by atoms with E-state index in [0.717, 1.165) is 12.8 Å². The summed E-state index contributed by atoms with van der Waals surface area (Å²) in [4.78, 5) is 0.137. The zero-order valence-corrected chi connectivity index (χ0v) is 14.2. The Kier molecular flexibility index (Phi) is 4.84. The number of methoxy groups -OCH3 is 1. The van der Waals surface area contributed by atoms with Crippen molar-refractivity contribution >= 4 is 21.7 Å². The average molecular weight is 348 g/mol. The Labute approximate surface area is 141 Å². The molecule has 24 heavy (non-hydrogen) atoms. The fraction of sp³-hybridized carbons (Fsp3) is 0.375. The van der Waals surface area contributed by atoms with Crippen molar-refractivity contribution in [3.8, 4) is 5.75 Å². The van der Waals surface area contributed by atoms with Crippen molar-refractivity contribution in [3.63, 3.8) is 0 Å². The average Bonchev–Trinajstić information content (AvgIpc) is 3.09. The molecule has 0 saturated heterocycles. The maximum absolute atomic E-state index is 12.3. The third-order valence-corrected chi connectivity index (χ3v) is 5.35. The van der Waals surface area contributed by atoms with Crippen LogP contribution < -0.4 is 14.8 Å². The number of ether oxygens (including phenoxy) is 1. The lowest BCUT2D eigenvalue weighted by atomic mass is 10.2. The lowest BCUT2D eigenvalue weighted by molar-refractivity contribution is 0.414. The van der Waals surface area contributed by atoms with Gasteiger partial charge in [0.15, 0.2) is 5.82 Å². The van der Waals surface area contributed by atoms with Gasteiger partial charge in [-0.25, -0.2) is 8.42 Å². The van der Waals surface area contributed by atoms with Crippen LogP contribution in [0.1, 0.15) is 25.7 Å². The van der Waals surface area contributed by atoms with Gasteiger partial charge in [0, 0.05) is 6.04 Å². The van der Waals surface area contributed by atoms with Crippen LogP contribution in [0, 0.1) is 0 Å². The summed E-state index contributed by atoms with van der Waals surface area (Å²) in [6.45, 7) is 0. The van der Waals surface area contributed by atoms with E-state index in [0.29, 0.717) is 17.6 Å². The SMILES string of the molecule is COc1ccc(S(=O)(=O)Nc2ccc(NC3CCCC3)nn2)cc1. The normalized spacial score (nSPS) is 15.2. The summed E-state index contributed by atoms with van der Waals surface area (Å²) in [5.74, 6) is 1.44. The molecule has 1 aromatic carbocycles. The van der Waals surface area contributed by atoms with Crippen LogP contribution in [-0.4, -0.2) is 31.8 Å². The summed E-state index contributed by atoms with van der Waals surface area (Å²) < 4.78 is 32.1. The summed E-state index contributed by atoms with van der Waals surface area (Å²) in [6, 6.07) is 9.91.